The van der Waals surface area contributed by atoms with Crippen molar-refractivity contribution >= 4 is 29.9 Å². The second-order valence-electron chi connectivity index (χ2n) is 7.19. The molecule has 0 fully saturated rings. The zero-order valence-electron chi connectivity index (χ0n) is 18.5. The quantitative estimate of drug-likeness (QED) is 0.261. The molecule has 1 heterocycles. The minimum absolute atomic E-state index is 0. The lowest BCUT2D eigenvalue weighted by molar-refractivity contribution is 0.414. The van der Waals surface area contributed by atoms with E-state index in [1.54, 1.807) is 7.11 Å². The van der Waals surface area contributed by atoms with Gasteiger partial charge in [0.15, 0.2) is 11.8 Å². The number of aromatic nitrogens is 3. The molecule has 0 aliphatic heterocycles. The third-order valence-electron chi connectivity index (χ3n) is 5.08. The van der Waals surface area contributed by atoms with Crippen LogP contribution in [0.3, 0.4) is 0 Å². The van der Waals surface area contributed by atoms with Crippen LogP contribution in [0.2, 0.25) is 0 Å². The number of nitrogens with zero attached hydrogens (tertiary/aromatic N) is 4. The van der Waals surface area contributed by atoms with Gasteiger partial charge < -0.3 is 19.9 Å². The highest BCUT2D eigenvalue weighted by molar-refractivity contribution is 14.0. The second kappa shape index (κ2) is 12.3. The van der Waals surface area contributed by atoms with Gasteiger partial charge in [0.05, 0.1) is 13.2 Å². The zero-order chi connectivity index (χ0) is 21.3. The second-order valence-corrected chi connectivity index (χ2v) is 7.19. The molecule has 0 bridgehead atoms. The molecule has 1 unspecified atom stereocenters. The Bertz CT molecular complexity index is 956. The SMILES string of the molecule is COc1ccc(CCNC(=NCc2nnc(C)n2C)NC(C)c2ccccc2)cc1.I. The molecule has 0 saturated carbocycles. The van der Waals surface area contributed by atoms with E-state index in [0.717, 1.165) is 36.3 Å². The smallest absolute Gasteiger partial charge is 0.192 e. The van der Waals surface area contributed by atoms with Crippen molar-refractivity contribution in [1.82, 2.24) is 25.4 Å². The third-order valence-corrected chi connectivity index (χ3v) is 5.08. The summed E-state index contributed by atoms with van der Waals surface area (Å²) in [7, 11) is 3.63. The van der Waals surface area contributed by atoms with Gasteiger partial charge in [0, 0.05) is 13.6 Å². The monoisotopic (exact) mass is 534 g/mol. The van der Waals surface area contributed by atoms with Gasteiger partial charge in [-0.15, -0.1) is 34.2 Å². The minimum atomic E-state index is 0. The summed E-state index contributed by atoms with van der Waals surface area (Å²) in [5.41, 5.74) is 2.44. The van der Waals surface area contributed by atoms with E-state index in [9.17, 15) is 0 Å². The summed E-state index contributed by atoms with van der Waals surface area (Å²) in [5, 5.41) is 15.3. The Kier molecular flexibility index (Phi) is 9.77. The predicted octanol–water partition coefficient (Wildman–Crippen LogP) is 3.79. The Morgan fingerprint density at radius 3 is 2.42 bits per heavy atom. The molecule has 0 amide bonds. The van der Waals surface area contributed by atoms with Gasteiger partial charge in [-0.25, -0.2) is 4.99 Å². The summed E-state index contributed by atoms with van der Waals surface area (Å²) in [5.74, 6) is 3.32. The highest BCUT2D eigenvalue weighted by atomic mass is 127. The van der Waals surface area contributed by atoms with Crippen LogP contribution in [0, 0.1) is 6.92 Å². The number of aliphatic imine (C=N–C) groups is 1. The van der Waals surface area contributed by atoms with Crippen molar-refractivity contribution in [3.8, 4) is 5.75 Å². The number of rotatable bonds is 8. The topological polar surface area (TPSA) is 76.4 Å². The molecular weight excluding hydrogens is 503 g/mol. The number of aryl methyl sites for hydroxylation is 1. The van der Waals surface area contributed by atoms with Gasteiger partial charge in [-0.2, -0.15) is 0 Å². The highest BCUT2D eigenvalue weighted by Gasteiger charge is 2.09. The van der Waals surface area contributed by atoms with Crippen molar-refractivity contribution in [2.75, 3.05) is 13.7 Å². The molecule has 1 atom stereocenters. The first-order valence-corrected chi connectivity index (χ1v) is 10.1. The molecule has 166 valence electrons. The van der Waals surface area contributed by atoms with Gasteiger partial charge in [0.1, 0.15) is 18.1 Å². The first kappa shape index (κ1) is 24.6. The maximum absolute atomic E-state index is 5.23. The number of methoxy groups -OCH3 is 1. The van der Waals surface area contributed by atoms with Crippen molar-refractivity contribution in [2.24, 2.45) is 12.0 Å². The fourth-order valence-electron chi connectivity index (χ4n) is 3.04. The summed E-state index contributed by atoms with van der Waals surface area (Å²) in [6.45, 7) is 5.28. The molecule has 31 heavy (non-hydrogen) atoms. The lowest BCUT2D eigenvalue weighted by Gasteiger charge is -2.19. The predicted molar refractivity (Wildman–Crippen MR) is 135 cm³/mol. The molecule has 2 N–H and O–H groups in total. The van der Waals surface area contributed by atoms with Crippen molar-refractivity contribution in [1.29, 1.82) is 0 Å². The maximum atomic E-state index is 5.23. The number of ether oxygens (including phenoxy) is 1. The number of hydrogen-bond acceptors (Lipinski definition) is 4. The Labute approximate surface area is 201 Å². The third kappa shape index (κ3) is 7.23. The summed E-state index contributed by atoms with van der Waals surface area (Å²) in [6, 6.07) is 18.6. The fraction of sp³-hybridized carbons (Fsp3) is 0.348. The molecule has 2 aromatic carbocycles. The Morgan fingerprint density at radius 2 is 1.81 bits per heavy atom. The summed E-state index contributed by atoms with van der Waals surface area (Å²) in [4.78, 5) is 4.74. The summed E-state index contributed by atoms with van der Waals surface area (Å²) in [6.07, 6.45) is 0.882. The van der Waals surface area contributed by atoms with E-state index >= 15 is 0 Å². The van der Waals surface area contributed by atoms with Crippen LogP contribution >= 0.6 is 24.0 Å². The van der Waals surface area contributed by atoms with E-state index in [0.29, 0.717) is 6.54 Å². The lowest BCUT2D eigenvalue weighted by Crippen LogP contribution is -2.39. The molecule has 0 spiro atoms. The number of hydrogen-bond donors (Lipinski definition) is 2. The van der Waals surface area contributed by atoms with E-state index in [2.05, 4.69) is 52.0 Å². The van der Waals surface area contributed by atoms with Crippen LogP contribution < -0.4 is 15.4 Å². The number of guanidine groups is 1. The standard InChI is InChI=1S/C23H30N6O.HI/c1-17(20-8-6-5-7-9-20)26-23(25-16-22-28-27-18(2)29(22)3)24-15-14-19-10-12-21(30-4)13-11-19;/h5-13,17H,14-16H2,1-4H3,(H2,24,25,26);1H. The molecule has 0 aliphatic rings. The Balaban J connectivity index is 0.00000341. The molecule has 3 aromatic rings. The lowest BCUT2D eigenvalue weighted by atomic mass is 10.1. The van der Waals surface area contributed by atoms with Crippen LogP contribution in [0.1, 0.15) is 35.7 Å². The first-order chi connectivity index (χ1) is 14.6. The average Bonchev–Trinajstić information content (AvgIpc) is 3.10. The fourth-order valence-corrected chi connectivity index (χ4v) is 3.04. The van der Waals surface area contributed by atoms with E-state index < -0.39 is 0 Å². The molecule has 7 nitrogen and oxygen atoms in total. The zero-order valence-corrected chi connectivity index (χ0v) is 20.8. The molecule has 0 radical (unpaired) electrons. The molecule has 3 rings (SSSR count). The highest BCUT2D eigenvalue weighted by Crippen LogP contribution is 2.12. The van der Waals surface area contributed by atoms with E-state index in [1.165, 1.54) is 11.1 Å². The van der Waals surface area contributed by atoms with Gasteiger partial charge in [0.2, 0.25) is 0 Å². The number of benzene rings is 2. The van der Waals surface area contributed by atoms with E-state index in [4.69, 9.17) is 9.73 Å². The van der Waals surface area contributed by atoms with Crippen LogP contribution in [0.4, 0.5) is 0 Å². The summed E-state index contributed by atoms with van der Waals surface area (Å²) < 4.78 is 7.18. The number of nitrogens with one attached hydrogen (secondary N) is 2. The van der Waals surface area contributed by atoms with Gasteiger partial charge in [-0.1, -0.05) is 42.5 Å². The minimum Gasteiger partial charge on any atom is -0.497 e. The Hall–Kier alpha value is -2.62. The summed E-state index contributed by atoms with van der Waals surface area (Å²) >= 11 is 0. The van der Waals surface area contributed by atoms with Crippen molar-refractivity contribution in [2.45, 2.75) is 32.9 Å². The molecular formula is C23H31IN6O. The van der Waals surface area contributed by atoms with Crippen molar-refractivity contribution in [3.63, 3.8) is 0 Å². The van der Waals surface area contributed by atoms with Gasteiger partial charge in [-0.3, -0.25) is 0 Å². The normalized spacial score (nSPS) is 12.1. The van der Waals surface area contributed by atoms with Gasteiger partial charge >= 0.3 is 0 Å². The van der Waals surface area contributed by atoms with Crippen molar-refractivity contribution < 1.29 is 4.74 Å². The average molecular weight is 534 g/mol. The largest absolute Gasteiger partial charge is 0.497 e. The molecule has 0 aliphatic carbocycles. The van der Waals surface area contributed by atoms with E-state index in [1.807, 2.05) is 48.9 Å². The van der Waals surface area contributed by atoms with Crippen LogP contribution in [0.15, 0.2) is 59.6 Å². The molecule has 8 heteroatoms. The molecule has 0 saturated heterocycles. The molecule has 1 aromatic heterocycles. The Morgan fingerprint density at radius 1 is 1.10 bits per heavy atom. The van der Waals surface area contributed by atoms with Crippen LogP contribution in [0.5, 0.6) is 5.75 Å². The maximum Gasteiger partial charge on any atom is 0.192 e. The van der Waals surface area contributed by atoms with Crippen LogP contribution in [-0.2, 0) is 20.0 Å². The first-order valence-electron chi connectivity index (χ1n) is 10.1. The van der Waals surface area contributed by atoms with Gasteiger partial charge in [-0.05, 0) is 43.5 Å². The number of halogens is 1. The van der Waals surface area contributed by atoms with Crippen molar-refractivity contribution in [3.05, 3.63) is 77.4 Å². The van der Waals surface area contributed by atoms with Gasteiger partial charge in [0.25, 0.3) is 0 Å². The van der Waals surface area contributed by atoms with E-state index in [-0.39, 0.29) is 30.0 Å². The van der Waals surface area contributed by atoms with Crippen LogP contribution in [0.25, 0.3) is 0 Å². The van der Waals surface area contributed by atoms with Crippen LogP contribution in [-0.4, -0.2) is 34.4 Å².